The summed E-state index contributed by atoms with van der Waals surface area (Å²) in [4.78, 5) is 39.1. The fourth-order valence-corrected chi connectivity index (χ4v) is 0.540. The van der Waals surface area contributed by atoms with E-state index in [0.29, 0.717) is 0 Å². The zero-order chi connectivity index (χ0) is 18.6. The van der Waals surface area contributed by atoms with Crippen molar-refractivity contribution in [1.82, 2.24) is 0 Å². The first-order chi connectivity index (χ1) is 9.93. The van der Waals surface area contributed by atoms with Gasteiger partial charge in [0.05, 0.1) is 0 Å². The third-order valence-electron chi connectivity index (χ3n) is 1.61. The monoisotopic (exact) mass is 331 g/mol. The van der Waals surface area contributed by atoms with Crippen molar-refractivity contribution >= 4 is 23.9 Å². The van der Waals surface area contributed by atoms with Crippen LogP contribution in [0.25, 0.3) is 0 Å². The van der Waals surface area contributed by atoms with E-state index in [9.17, 15) is 19.2 Å². The van der Waals surface area contributed by atoms with Crippen LogP contribution >= 0.6 is 0 Å². The van der Waals surface area contributed by atoms with Crippen LogP contribution in [0.1, 0.15) is 0 Å². The third kappa shape index (κ3) is 10.5. The number of nitrogens with two attached hydrogens (primary N) is 1. The minimum absolute atomic E-state index is 1.50. The second-order valence-electron chi connectivity index (χ2n) is 3.13. The molecule has 0 aliphatic rings. The number of hydrogen-bond acceptors (Lipinski definition) is 9. The molecule has 0 saturated heterocycles. The number of aliphatic hydroxyl groups is 4. The number of carboxylic acids is 4. The Morgan fingerprint density at radius 1 is 0.545 bits per heavy atom. The van der Waals surface area contributed by atoms with Crippen LogP contribution < -0.4 is 5.73 Å². The standard InChI is InChI=1S/2C4H6O6.CH5N/c2*5-1(3(7)8)2(6)4(9)10;1-2/h2*1-2,5-6H,(H,7,8)(H,9,10);2H2,1H3/t2*1-,2-;/m00./s1. The Bertz CT molecular complexity index is 311. The van der Waals surface area contributed by atoms with Crippen molar-refractivity contribution in [3.05, 3.63) is 0 Å². The van der Waals surface area contributed by atoms with E-state index in [1.807, 2.05) is 0 Å². The molecule has 13 heteroatoms. The maximum Gasteiger partial charge on any atom is 0.335 e. The minimum atomic E-state index is -2.27. The highest BCUT2D eigenvalue weighted by Gasteiger charge is 2.30. The van der Waals surface area contributed by atoms with Gasteiger partial charge in [0.2, 0.25) is 0 Å². The molecule has 13 nitrogen and oxygen atoms in total. The zero-order valence-electron chi connectivity index (χ0n) is 11.1. The molecule has 0 amide bonds. The van der Waals surface area contributed by atoms with Gasteiger partial charge in [-0.05, 0) is 7.05 Å². The lowest BCUT2D eigenvalue weighted by molar-refractivity contribution is -0.165. The van der Waals surface area contributed by atoms with Crippen molar-refractivity contribution in [2.24, 2.45) is 5.73 Å². The Kier molecular flexibility index (Phi) is 13.9. The van der Waals surface area contributed by atoms with Gasteiger partial charge in [-0.15, -0.1) is 0 Å². The number of hydrogen-bond donors (Lipinski definition) is 9. The molecule has 22 heavy (non-hydrogen) atoms. The molecule has 0 aliphatic carbocycles. The number of aliphatic carboxylic acids is 4. The molecule has 0 aromatic carbocycles. The molecule has 0 aromatic rings. The average molecular weight is 331 g/mol. The number of rotatable bonds is 6. The molecule has 0 bridgehead atoms. The zero-order valence-corrected chi connectivity index (χ0v) is 11.1. The summed E-state index contributed by atoms with van der Waals surface area (Å²) < 4.78 is 0. The lowest BCUT2D eigenvalue weighted by Crippen LogP contribution is -2.39. The molecule has 0 heterocycles. The first kappa shape index (κ1) is 24.7. The number of carboxylic acid groups (broad SMARTS) is 4. The molecule has 130 valence electrons. The smallest absolute Gasteiger partial charge is 0.335 e. The van der Waals surface area contributed by atoms with E-state index in [1.165, 1.54) is 7.05 Å². The van der Waals surface area contributed by atoms with E-state index in [-0.39, 0.29) is 0 Å². The summed E-state index contributed by atoms with van der Waals surface area (Å²) in [5.74, 6) is -7.07. The van der Waals surface area contributed by atoms with Crippen molar-refractivity contribution in [2.45, 2.75) is 24.4 Å². The Hall–Kier alpha value is -2.32. The van der Waals surface area contributed by atoms with Crippen LogP contribution in [0.5, 0.6) is 0 Å². The van der Waals surface area contributed by atoms with Crippen molar-refractivity contribution in [1.29, 1.82) is 0 Å². The van der Waals surface area contributed by atoms with Gasteiger partial charge < -0.3 is 46.6 Å². The Morgan fingerprint density at radius 2 is 0.636 bits per heavy atom. The van der Waals surface area contributed by atoms with Gasteiger partial charge in [-0.1, -0.05) is 0 Å². The van der Waals surface area contributed by atoms with Crippen LogP contribution in [-0.4, -0.2) is 96.2 Å². The van der Waals surface area contributed by atoms with Crippen LogP contribution in [0.2, 0.25) is 0 Å². The van der Waals surface area contributed by atoms with Gasteiger partial charge >= 0.3 is 23.9 Å². The van der Waals surface area contributed by atoms with Crippen molar-refractivity contribution in [2.75, 3.05) is 7.05 Å². The first-order valence-corrected chi connectivity index (χ1v) is 5.14. The van der Waals surface area contributed by atoms with Gasteiger partial charge in [-0.2, -0.15) is 0 Å². The van der Waals surface area contributed by atoms with Crippen LogP contribution in [0.4, 0.5) is 0 Å². The van der Waals surface area contributed by atoms with Crippen LogP contribution in [-0.2, 0) is 19.2 Å². The van der Waals surface area contributed by atoms with Gasteiger partial charge in [0, 0.05) is 0 Å². The fourth-order valence-electron chi connectivity index (χ4n) is 0.540. The lowest BCUT2D eigenvalue weighted by atomic mass is 10.2. The topological polar surface area (TPSA) is 256 Å². The fraction of sp³-hybridized carbons (Fsp3) is 0.556. The van der Waals surface area contributed by atoms with E-state index in [4.69, 9.17) is 40.9 Å². The van der Waals surface area contributed by atoms with E-state index in [1.54, 1.807) is 0 Å². The molecular formula is C9H17NO12. The molecule has 0 rings (SSSR count). The van der Waals surface area contributed by atoms with Crippen LogP contribution in [0.15, 0.2) is 0 Å². The maximum atomic E-state index is 9.77. The highest BCUT2D eigenvalue weighted by atomic mass is 16.4. The molecule has 0 radical (unpaired) electrons. The van der Waals surface area contributed by atoms with E-state index < -0.39 is 48.3 Å². The normalized spacial score (nSPS) is 14.6. The van der Waals surface area contributed by atoms with Gasteiger partial charge in [0.1, 0.15) is 0 Å². The van der Waals surface area contributed by atoms with Crippen LogP contribution in [0.3, 0.4) is 0 Å². The Balaban J connectivity index is -0.000000294. The van der Waals surface area contributed by atoms with Gasteiger partial charge in [-0.25, -0.2) is 19.2 Å². The molecule has 0 aromatic heterocycles. The number of carbonyl (C=O) groups is 4. The van der Waals surface area contributed by atoms with Crippen LogP contribution in [0, 0.1) is 0 Å². The first-order valence-electron chi connectivity index (χ1n) is 5.14. The van der Waals surface area contributed by atoms with E-state index >= 15 is 0 Å². The van der Waals surface area contributed by atoms with Crippen molar-refractivity contribution in [3.63, 3.8) is 0 Å². The van der Waals surface area contributed by atoms with Gasteiger partial charge in [0.25, 0.3) is 0 Å². The van der Waals surface area contributed by atoms with Crippen molar-refractivity contribution in [3.8, 4) is 0 Å². The molecule has 0 fully saturated rings. The average Bonchev–Trinajstić information content (AvgIpc) is 2.46. The molecule has 0 saturated carbocycles. The number of aliphatic hydroxyl groups excluding tert-OH is 4. The molecular weight excluding hydrogens is 314 g/mol. The predicted octanol–water partition coefficient (Wildman–Crippen LogP) is -4.67. The second-order valence-corrected chi connectivity index (χ2v) is 3.13. The molecule has 0 unspecified atom stereocenters. The Morgan fingerprint density at radius 3 is 0.682 bits per heavy atom. The van der Waals surface area contributed by atoms with Gasteiger partial charge in [-0.3, -0.25) is 0 Å². The summed E-state index contributed by atoms with van der Waals surface area (Å²) >= 11 is 0. The summed E-state index contributed by atoms with van der Waals surface area (Å²) in [7, 11) is 1.50. The Labute approximate surface area is 122 Å². The summed E-state index contributed by atoms with van der Waals surface area (Å²) in [6, 6.07) is 0. The summed E-state index contributed by atoms with van der Waals surface area (Å²) in [5.41, 5.74) is 4.50. The quantitative estimate of drug-likeness (QED) is 0.222. The SMILES string of the molecule is CN.O=C(O)[C@@H](O)[C@H](O)C(=O)O.O=C(O)[C@@H](O)[C@H](O)C(=O)O. The lowest BCUT2D eigenvalue weighted by Gasteiger charge is -2.07. The predicted molar refractivity (Wildman–Crippen MR) is 64.7 cm³/mol. The summed E-state index contributed by atoms with van der Waals surface area (Å²) in [5, 5.41) is 65.1. The molecule has 0 aliphatic heterocycles. The van der Waals surface area contributed by atoms with Crippen molar-refractivity contribution < 1.29 is 60.0 Å². The second kappa shape index (κ2) is 12.4. The minimum Gasteiger partial charge on any atom is -0.479 e. The highest BCUT2D eigenvalue weighted by molar-refractivity contribution is 5.83. The van der Waals surface area contributed by atoms with E-state index in [2.05, 4.69) is 5.73 Å². The highest BCUT2D eigenvalue weighted by Crippen LogP contribution is 1.93. The van der Waals surface area contributed by atoms with E-state index in [0.717, 1.165) is 0 Å². The maximum absolute atomic E-state index is 9.77. The summed E-state index contributed by atoms with van der Waals surface area (Å²) in [6.07, 6.45) is -9.06. The molecule has 10 N–H and O–H groups in total. The molecule has 4 atom stereocenters. The van der Waals surface area contributed by atoms with Gasteiger partial charge in [0.15, 0.2) is 24.4 Å². The summed E-state index contributed by atoms with van der Waals surface area (Å²) in [6.45, 7) is 0. The largest absolute Gasteiger partial charge is 0.479 e. The third-order valence-corrected chi connectivity index (χ3v) is 1.61. The molecule has 0 spiro atoms.